The second kappa shape index (κ2) is 3.41. The van der Waals surface area contributed by atoms with Crippen molar-refractivity contribution in [2.75, 3.05) is 7.11 Å². The first-order valence-corrected chi connectivity index (χ1v) is 5.38. The topological polar surface area (TPSA) is 43.8 Å². The number of aryl methyl sites for hydroxylation is 2. The molecule has 0 atom stereocenters. The molecule has 3 rings (SSSR count). The van der Waals surface area contributed by atoms with Gasteiger partial charge in [0.2, 0.25) is 11.2 Å². The predicted molar refractivity (Wildman–Crippen MR) is 63.7 cm³/mol. The summed E-state index contributed by atoms with van der Waals surface area (Å²) in [6, 6.07) is 8.63. The Kier molecular flexibility index (Phi) is 2.01. The molecule has 0 radical (unpaired) electrons. The van der Waals surface area contributed by atoms with Crippen LogP contribution in [-0.2, 0) is 14.1 Å². The summed E-state index contributed by atoms with van der Waals surface area (Å²) in [7, 11) is 5.41. The van der Waals surface area contributed by atoms with E-state index in [-0.39, 0.29) is 0 Å². The third kappa shape index (κ3) is 1.28. The molecule has 2 aromatic heterocycles. The minimum absolute atomic E-state index is 0.508. The van der Waals surface area contributed by atoms with E-state index < -0.39 is 0 Å². The van der Waals surface area contributed by atoms with E-state index in [1.807, 2.05) is 36.9 Å². The smallest absolute Gasteiger partial charge is 0.430 e. The zero-order chi connectivity index (χ0) is 12.0. The molecular formula is C12H13N4O+. The van der Waals surface area contributed by atoms with Crippen molar-refractivity contribution in [2.24, 2.45) is 14.1 Å². The van der Waals surface area contributed by atoms with E-state index in [9.17, 15) is 0 Å². The third-order valence-corrected chi connectivity index (χ3v) is 2.96. The highest BCUT2D eigenvalue weighted by atomic mass is 16.5. The lowest BCUT2D eigenvalue weighted by molar-refractivity contribution is -0.735. The molecule has 0 fully saturated rings. The Balaban J connectivity index is 2.54. The molecule has 0 amide bonds. The number of aromatic nitrogens is 4. The van der Waals surface area contributed by atoms with Crippen LogP contribution in [0.25, 0.3) is 22.1 Å². The van der Waals surface area contributed by atoms with Gasteiger partial charge in [0.15, 0.2) is 0 Å². The van der Waals surface area contributed by atoms with E-state index in [1.165, 1.54) is 0 Å². The summed E-state index contributed by atoms with van der Waals surface area (Å²) in [5, 5.41) is 5.57. The minimum atomic E-state index is 0.508. The zero-order valence-corrected chi connectivity index (χ0v) is 10.0. The number of fused-ring (bicyclic) bond motifs is 3. The number of hydrogen-bond acceptors (Lipinski definition) is 3. The fourth-order valence-electron chi connectivity index (χ4n) is 2.12. The maximum atomic E-state index is 5.19. The molecule has 0 saturated carbocycles. The van der Waals surface area contributed by atoms with Crippen LogP contribution in [-0.4, -0.2) is 21.8 Å². The summed E-state index contributed by atoms with van der Waals surface area (Å²) in [6.07, 6.45) is 0. The number of ether oxygens (including phenoxy) is 1. The molecule has 86 valence electrons. The molecule has 0 aliphatic rings. The Morgan fingerprint density at radius 2 is 2.06 bits per heavy atom. The summed E-state index contributed by atoms with van der Waals surface area (Å²) in [4.78, 5) is 4.50. The van der Waals surface area contributed by atoms with E-state index in [4.69, 9.17) is 4.74 Å². The largest absolute Gasteiger partial charge is 0.519 e. The van der Waals surface area contributed by atoms with Gasteiger partial charge in [-0.15, -0.1) is 0 Å². The number of para-hydroxylation sites is 1. The van der Waals surface area contributed by atoms with Gasteiger partial charge in [0.1, 0.15) is 7.05 Å². The van der Waals surface area contributed by atoms with Crippen LogP contribution in [0.4, 0.5) is 0 Å². The fraction of sp³-hybridized carbons (Fsp3) is 0.250. The lowest BCUT2D eigenvalue weighted by atomic mass is 10.2. The summed E-state index contributed by atoms with van der Waals surface area (Å²) >= 11 is 0. The standard InChI is InChI=1S/C12H13N4O/c1-15-9-7-5-4-6-8(9)10-11(15)14-16(2)12(13-10)17-3/h4-7H,1-3H3/q+1. The van der Waals surface area contributed by atoms with Crippen LogP contribution in [0, 0.1) is 0 Å². The SMILES string of the molecule is COc1nc2c3ccccc3n(C)c2n[n+]1C. The van der Waals surface area contributed by atoms with Gasteiger partial charge in [0, 0.05) is 12.0 Å². The van der Waals surface area contributed by atoms with E-state index in [2.05, 4.69) is 16.1 Å². The molecule has 5 heteroatoms. The Labute approximate surface area is 98.3 Å². The molecule has 0 saturated heterocycles. The van der Waals surface area contributed by atoms with Gasteiger partial charge in [-0.2, -0.15) is 0 Å². The zero-order valence-electron chi connectivity index (χ0n) is 10.0. The molecule has 17 heavy (non-hydrogen) atoms. The van der Waals surface area contributed by atoms with Crippen molar-refractivity contribution in [2.45, 2.75) is 0 Å². The van der Waals surface area contributed by atoms with Crippen LogP contribution in [0.15, 0.2) is 24.3 Å². The van der Waals surface area contributed by atoms with Crippen LogP contribution < -0.4 is 9.42 Å². The van der Waals surface area contributed by atoms with Crippen LogP contribution in [0.5, 0.6) is 6.01 Å². The molecule has 0 unspecified atom stereocenters. The highest BCUT2D eigenvalue weighted by Crippen LogP contribution is 2.24. The van der Waals surface area contributed by atoms with Gasteiger partial charge < -0.3 is 9.30 Å². The molecule has 0 N–H and O–H groups in total. The van der Waals surface area contributed by atoms with E-state index >= 15 is 0 Å². The van der Waals surface area contributed by atoms with E-state index in [0.29, 0.717) is 6.01 Å². The molecule has 0 spiro atoms. The average molecular weight is 229 g/mol. The quantitative estimate of drug-likeness (QED) is 0.584. The summed E-state index contributed by atoms with van der Waals surface area (Å²) < 4.78 is 8.87. The molecule has 2 heterocycles. The average Bonchev–Trinajstić information content (AvgIpc) is 2.63. The van der Waals surface area contributed by atoms with Gasteiger partial charge in [-0.05, 0) is 12.1 Å². The van der Waals surface area contributed by atoms with Crippen LogP contribution in [0.2, 0.25) is 0 Å². The van der Waals surface area contributed by atoms with Gasteiger partial charge in [-0.1, -0.05) is 21.9 Å². The van der Waals surface area contributed by atoms with Gasteiger partial charge in [0.25, 0.3) is 0 Å². The molecule has 5 nitrogen and oxygen atoms in total. The molecule has 0 aliphatic carbocycles. The van der Waals surface area contributed by atoms with Gasteiger partial charge in [-0.3, -0.25) is 0 Å². The monoisotopic (exact) mass is 229 g/mol. The normalized spacial score (nSPS) is 11.2. The Hall–Kier alpha value is -2.17. The highest BCUT2D eigenvalue weighted by molar-refractivity contribution is 6.03. The minimum Gasteiger partial charge on any atom is -0.430 e. The van der Waals surface area contributed by atoms with Crippen molar-refractivity contribution in [3.05, 3.63) is 24.3 Å². The molecule has 3 aromatic rings. The van der Waals surface area contributed by atoms with Crippen LogP contribution in [0.1, 0.15) is 0 Å². The number of rotatable bonds is 1. The molecule has 0 bridgehead atoms. The number of hydrogen-bond donors (Lipinski definition) is 0. The number of methoxy groups -OCH3 is 1. The Morgan fingerprint density at radius 1 is 1.29 bits per heavy atom. The third-order valence-electron chi connectivity index (χ3n) is 2.96. The van der Waals surface area contributed by atoms with Crippen molar-refractivity contribution in [3.8, 4) is 6.01 Å². The van der Waals surface area contributed by atoms with E-state index in [0.717, 1.165) is 22.1 Å². The first-order valence-electron chi connectivity index (χ1n) is 5.38. The maximum Gasteiger partial charge on any atom is 0.519 e. The first-order chi connectivity index (χ1) is 8.22. The lowest BCUT2D eigenvalue weighted by Gasteiger charge is -1.96. The first kappa shape index (κ1) is 10.0. The molecule has 1 aromatic carbocycles. The summed E-state index contributed by atoms with van der Waals surface area (Å²) in [6.45, 7) is 0. The van der Waals surface area contributed by atoms with Crippen molar-refractivity contribution < 1.29 is 9.42 Å². The summed E-state index contributed by atoms with van der Waals surface area (Å²) in [5.41, 5.74) is 2.85. The second-order valence-electron chi connectivity index (χ2n) is 3.97. The highest BCUT2D eigenvalue weighted by Gasteiger charge is 2.20. The number of nitrogens with zero attached hydrogens (tertiary/aromatic N) is 4. The van der Waals surface area contributed by atoms with Crippen molar-refractivity contribution in [3.63, 3.8) is 0 Å². The molecule has 0 aliphatic heterocycles. The fourth-order valence-corrected chi connectivity index (χ4v) is 2.12. The van der Waals surface area contributed by atoms with Crippen molar-refractivity contribution in [1.29, 1.82) is 0 Å². The Bertz CT molecular complexity index is 717. The predicted octanol–water partition coefficient (Wildman–Crippen LogP) is 0.955. The Morgan fingerprint density at radius 3 is 2.82 bits per heavy atom. The number of benzene rings is 1. The van der Waals surface area contributed by atoms with Gasteiger partial charge in [0.05, 0.1) is 18.0 Å². The van der Waals surface area contributed by atoms with Gasteiger partial charge in [-0.25, -0.2) is 0 Å². The van der Waals surface area contributed by atoms with Crippen LogP contribution in [0.3, 0.4) is 0 Å². The lowest BCUT2D eigenvalue weighted by Crippen LogP contribution is -2.36. The molecular weight excluding hydrogens is 216 g/mol. The summed E-state index contributed by atoms with van der Waals surface area (Å²) in [5.74, 6) is 0. The van der Waals surface area contributed by atoms with Gasteiger partial charge >= 0.3 is 6.01 Å². The van der Waals surface area contributed by atoms with Crippen LogP contribution >= 0.6 is 0 Å². The van der Waals surface area contributed by atoms with Crippen molar-refractivity contribution in [1.82, 2.24) is 14.6 Å². The second-order valence-corrected chi connectivity index (χ2v) is 3.97. The maximum absolute atomic E-state index is 5.19. The van der Waals surface area contributed by atoms with Crippen molar-refractivity contribution >= 4 is 22.1 Å². The van der Waals surface area contributed by atoms with E-state index in [1.54, 1.807) is 11.8 Å².